The summed E-state index contributed by atoms with van der Waals surface area (Å²) in [4.78, 5) is 26.8. The van der Waals surface area contributed by atoms with Crippen LogP contribution in [0.15, 0.2) is 30.7 Å². The molecule has 1 aromatic carbocycles. The second-order valence-electron chi connectivity index (χ2n) is 10.5. The standard InChI is InChI=1S/C16H24N2O3.C11H16N2O2/c1-16(2,3)17-9-11(19)10-21-14-6-4-5-13-12(14)7-8-15(20)18-13;1-3-10-8(6-15-11(10)14)4-9-5-12-7-13(9)2/h4-6,11,17,19H,7-10H2,1-3H3,(H,18,20);5,7-8,10H,3-4,6H2,1-2H3/t;8-,10-/m.0/s1. The van der Waals surface area contributed by atoms with Gasteiger partial charge >= 0.3 is 5.97 Å². The van der Waals surface area contributed by atoms with Gasteiger partial charge in [0.05, 0.1) is 18.9 Å². The topological polar surface area (TPSA) is 115 Å². The van der Waals surface area contributed by atoms with E-state index in [0.717, 1.165) is 35.5 Å². The van der Waals surface area contributed by atoms with Crippen LogP contribution < -0.4 is 15.4 Å². The number of nitrogens with one attached hydrogen (secondary N) is 2. The van der Waals surface area contributed by atoms with Crippen LogP contribution in [0.4, 0.5) is 5.69 Å². The third-order valence-corrected chi connectivity index (χ3v) is 6.45. The summed E-state index contributed by atoms with van der Waals surface area (Å²) in [7, 11) is 1.97. The molecule has 9 nitrogen and oxygen atoms in total. The molecule has 1 saturated heterocycles. The molecule has 1 aromatic heterocycles. The number of amides is 1. The van der Waals surface area contributed by atoms with Crippen LogP contribution in [-0.2, 0) is 34.2 Å². The SMILES string of the molecule is CC(C)(C)NCC(O)COc1cccc2c1CCC(=O)N2.CC[C@@H]1C(=O)OC[C@@H]1Cc1cncn1C. The number of aromatic nitrogens is 2. The zero-order valence-electron chi connectivity index (χ0n) is 22.0. The highest BCUT2D eigenvalue weighted by Gasteiger charge is 2.35. The Morgan fingerprint density at radius 2 is 2.08 bits per heavy atom. The second-order valence-corrected chi connectivity index (χ2v) is 10.5. The van der Waals surface area contributed by atoms with E-state index in [1.165, 1.54) is 0 Å². The summed E-state index contributed by atoms with van der Waals surface area (Å²) in [5, 5.41) is 16.0. The zero-order chi connectivity index (χ0) is 26.3. The van der Waals surface area contributed by atoms with Crippen molar-refractivity contribution in [2.45, 2.75) is 65.0 Å². The van der Waals surface area contributed by atoms with E-state index in [-0.39, 0.29) is 29.9 Å². The molecule has 1 fully saturated rings. The van der Waals surface area contributed by atoms with Gasteiger partial charge in [-0.3, -0.25) is 9.59 Å². The Hall–Kier alpha value is -2.91. The fourth-order valence-electron chi connectivity index (χ4n) is 4.35. The molecule has 9 heteroatoms. The molecule has 3 atom stereocenters. The average molecular weight is 501 g/mol. The molecule has 0 aliphatic carbocycles. The lowest BCUT2D eigenvalue weighted by molar-refractivity contribution is -0.141. The maximum atomic E-state index is 11.4. The number of carbonyl (C=O) groups is 2. The molecule has 2 aliphatic rings. The Kier molecular flexibility index (Phi) is 9.50. The molecule has 0 bridgehead atoms. The number of benzene rings is 1. The number of nitrogens with zero attached hydrogens (tertiary/aromatic N) is 2. The second kappa shape index (κ2) is 12.4. The lowest BCUT2D eigenvalue weighted by atomic mass is 9.89. The molecule has 1 unspecified atom stereocenters. The van der Waals surface area contributed by atoms with E-state index in [4.69, 9.17) is 9.47 Å². The van der Waals surface area contributed by atoms with Crippen LogP contribution >= 0.6 is 0 Å². The lowest BCUT2D eigenvalue weighted by Gasteiger charge is -2.24. The van der Waals surface area contributed by atoms with Gasteiger partial charge < -0.3 is 29.8 Å². The van der Waals surface area contributed by atoms with Crippen LogP contribution in [0.25, 0.3) is 0 Å². The Labute approximate surface area is 213 Å². The van der Waals surface area contributed by atoms with Crippen molar-refractivity contribution >= 4 is 17.6 Å². The number of β-amino-alcohol motifs (C(OH)–C–C–N with tert-alkyl or cyclic N) is 1. The molecule has 198 valence electrons. The minimum absolute atomic E-state index is 0.0306. The number of cyclic esters (lactones) is 1. The molecule has 4 rings (SSSR count). The maximum absolute atomic E-state index is 11.4. The number of aliphatic hydroxyl groups excluding tert-OH is 1. The first kappa shape index (κ1) is 27.7. The van der Waals surface area contributed by atoms with Crippen LogP contribution in [-0.4, -0.2) is 57.9 Å². The first-order valence-electron chi connectivity index (χ1n) is 12.7. The first-order chi connectivity index (χ1) is 17.1. The van der Waals surface area contributed by atoms with Gasteiger partial charge in [0.1, 0.15) is 18.5 Å². The highest BCUT2D eigenvalue weighted by atomic mass is 16.5. The van der Waals surface area contributed by atoms with Gasteiger partial charge in [-0.15, -0.1) is 0 Å². The number of hydrogen-bond acceptors (Lipinski definition) is 7. The molecule has 0 radical (unpaired) electrons. The van der Waals surface area contributed by atoms with Crippen LogP contribution in [0, 0.1) is 11.8 Å². The third-order valence-electron chi connectivity index (χ3n) is 6.45. The lowest BCUT2D eigenvalue weighted by Crippen LogP contribution is -2.42. The van der Waals surface area contributed by atoms with E-state index in [2.05, 4.69) is 36.4 Å². The number of carbonyl (C=O) groups excluding carboxylic acids is 2. The summed E-state index contributed by atoms with van der Waals surface area (Å²) in [6.45, 7) is 9.46. The number of aliphatic hydroxyl groups is 1. The number of imidazole rings is 1. The van der Waals surface area contributed by atoms with Gasteiger partial charge in [0.2, 0.25) is 5.91 Å². The van der Waals surface area contributed by atoms with Gasteiger partial charge in [-0.1, -0.05) is 13.0 Å². The minimum atomic E-state index is -0.571. The van der Waals surface area contributed by atoms with Gasteiger partial charge in [-0.25, -0.2) is 4.98 Å². The fourth-order valence-corrected chi connectivity index (χ4v) is 4.35. The summed E-state index contributed by atoms with van der Waals surface area (Å²) >= 11 is 0. The normalized spacial score (nSPS) is 20.1. The number of esters is 1. The van der Waals surface area contributed by atoms with Gasteiger partial charge in [0.15, 0.2) is 0 Å². The Morgan fingerprint density at radius 1 is 1.31 bits per heavy atom. The summed E-state index contributed by atoms with van der Waals surface area (Å²) in [6.07, 6.45) is 5.96. The molecule has 2 aromatic rings. The fraction of sp³-hybridized carbons (Fsp3) is 0.593. The molecular weight excluding hydrogens is 460 g/mol. The smallest absolute Gasteiger partial charge is 0.309 e. The van der Waals surface area contributed by atoms with Crippen molar-refractivity contribution < 1.29 is 24.2 Å². The van der Waals surface area contributed by atoms with E-state index in [0.29, 0.717) is 31.9 Å². The number of fused-ring (bicyclic) bond motifs is 1. The summed E-state index contributed by atoms with van der Waals surface area (Å²) in [6, 6.07) is 5.59. The number of aryl methyl sites for hydroxylation is 1. The van der Waals surface area contributed by atoms with Crippen LogP contribution in [0.1, 0.15) is 51.8 Å². The largest absolute Gasteiger partial charge is 0.490 e. The third kappa shape index (κ3) is 7.80. The van der Waals surface area contributed by atoms with E-state index >= 15 is 0 Å². The number of ether oxygens (including phenoxy) is 2. The molecule has 0 saturated carbocycles. The predicted molar refractivity (Wildman–Crippen MR) is 138 cm³/mol. The van der Waals surface area contributed by atoms with Gasteiger partial charge in [-0.2, -0.15) is 0 Å². The Bertz CT molecular complexity index is 1030. The van der Waals surface area contributed by atoms with Crippen molar-refractivity contribution in [1.82, 2.24) is 14.9 Å². The van der Waals surface area contributed by atoms with Crippen molar-refractivity contribution in [3.63, 3.8) is 0 Å². The summed E-state index contributed by atoms with van der Waals surface area (Å²) < 4.78 is 12.8. The van der Waals surface area contributed by atoms with Crippen molar-refractivity contribution in [2.75, 3.05) is 25.1 Å². The highest BCUT2D eigenvalue weighted by Crippen LogP contribution is 2.31. The van der Waals surface area contributed by atoms with E-state index in [9.17, 15) is 14.7 Å². The monoisotopic (exact) mass is 500 g/mol. The number of anilines is 1. The molecule has 2 aliphatic heterocycles. The Balaban J connectivity index is 0.000000212. The van der Waals surface area contributed by atoms with E-state index in [1.54, 1.807) is 6.33 Å². The van der Waals surface area contributed by atoms with Crippen LogP contribution in [0.2, 0.25) is 0 Å². The first-order valence-corrected chi connectivity index (χ1v) is 12.7. The average Bonchev–Trinajstić information content (AvgIpc) is 3.40. The quantitative estimate of drug-likeness (QED) is 0.478. The minimum Gasteiger partial charge on any atom is -0.490 e. The molecule has 1 amide bonds. The number of rotatable bonds is 8. The predicted octanol–water partition coefficient (Wildman–Crippen LogP) is 2.86. The molecular formula is C27H40N4O5. The van der Waals surface area contributed by atoms with Crippen molar-refractivity contribution in [3.8, 4) is 5.75 Å². The van der Waals surface area contributed by atoms with Gasteiger partial charge in [-0.05, 0) is 52.2 Å². The summed E-state index contributed by atoms with van der Waals surface area (Å²) in [5.41, 5.74) is 2.95. The maximum Gasteiger partial charge on any atom is 0.309 e. The van der Waals surface area contributed by atoms with Crippen molar-refractivity contribution in [3.05, 3.63) is 42.0 Å². The van der Waals surface area contributed by atoms with Crippen molar-refractivity contribution in [2.24, 2.45) is 18.9 Å². The molecule has 36 heavy (non-hydrogen) atoms. The molecule has 0 spiro atoms. The van der Waals surface area contributed by atoms with Crippen molar-refractivity contribution in [1.29, 1.82) is 0 Å². The van der Waals surface area contributed by atoms with Crippen LogP contribution in [0.3, 0.4) is 0 Å². The van der Waals surface area contributed by atoms with E-state index in [1.807, 2.05) is 42.9 Å². The molecule has 3 heterocycles. The zero-order valence-corrected chi connectivity index (χ0v) is 22.0. The van der Waals surface area contributed by atoms with E-state index < -0.39 is 6.10 Å². The summed E-state index contributed by atoms with van der Waals surface area (Å²) in [5.74, 6) is 1.12. The highest BCUT2D eigenvalue weighted by molar-refractivity contribution is 5.94. The Morgan fingerprint density at radius 3 is 2.75 bits per heavy atom. The van der Waals surface area contributed by atoms with Gasteiger partial charge in [0, 0.05) is 54.6 Å². The molecule has 3 N–H and O–H groups in total. The number of hydrogen-bond donors (Lipinski definition) is 3. The van der Waals surface area contributed by atoms with Crippen LogP contribution in [0.5, 0.6) is 5.75 Å². The van der Waals surface area contributed by atoms with Gasteiger partial charge in [0.25, 0.3) is 0 Å².